The van der Waals surface area contributed by atoms with Crippen molar-refractivity contribution >= 4 is 11.6 Å². The van der Waals surface area contributed by atoms with Crippen LogP contribution in [0.5, 0.6) is 17.2 Å². The van der Waals surface area contributed by atoms with Gasteiger partial charge in [0.25, 0.3) is 5.91 Å². The van der Waals surface area contributed by atoms with E-state index in [0.29, 0.717) is 17.1 Å². The number of nitrogens with zero attached hydrogens (tertiary/aromatic N) is 1. The average Bonchev–Trinajstić information content (AvgIpc) is 2.58. The first kappa shape index (κ1) is 15.0. The molecule has 5 heteroatoms. The minimum absolute atomic E-state index is 0.0303. The van der Waals surface area contributed by atoms with Crippen LogP contribution in [0, 0.1) is 0 Å². The molecule has 5 nitrogen and oxygen atoms in total. The molecule has 0 spiro atoms. The van der Waals surface area contributed by atoms with Crippen LogP contribution in [0.2, 0.25) is 0 Å². The van der Waals surface area contributed by atoms with E-state index in [4.69, 9.17) is 9.47 Å². The van der Waals surface area contributed by atoms with Gasteiger partial charge in [0.15, 0.2) is 11.5 Å². The van der Waals surface area contributed by atoms with E-state index in [1.54, 1.807) is 30.2 Å². The molecule has 1 N–H and O–H groups in total. The Bertz CT molecular complexity index is 784. The Morgan fingerprint density at radius 1 is 1.13 bits per heavy atom. The lowest BCUT2D eigenvalue weighted by atomic mass is 9.88. The normalized spacial score (nSPS) is 17.0. The van der Waals surface area contributed by atoms with Crippen molar-refractivity contribution < 1.29 is 19.4 Å². The minimum atomic E-state index is -0.314. The number of carbonyl (C=O) groups excluding carboxylic acids is 1. The topological polar surface area (TPSA) is 59.0 Å². The minimum Gasteiger partial charge on any atom is -0.504 e. The number of carbonyl (C=O) groups is 1. The maximum atomic E-state index is 12.3. The molecule has 1 amide bonds. The second kappa shape index (κ2) is 5.68. The molecule has 0 saturated carbocycles. The number of methoxy groups -OCH3 is 2. The van der Waals surface area contributed by atoms with E-state index in [1.807, 2.05) is 24.3 Å². The number of benzene rings is 2. The molecule has 2 aromatic carbocycles. The first-order chi connectivity index (χ1) is 11.1. The summed E-state index contributed by atoms with van der Waals surface area (Å²) in [5, 5.41) is 9.97. The van der Waals surface area contributed by atoms with Crippen LogP contribution < -0.4 is 14.4 Å². The van der Waals surface area contributed by atoms with Crippen LogP contribution in [0.3, 0.4) is 0 Å². The van der Waals surface area contributed by atoms with Crippen molar-refractivity contribution in [2.45, 2.75) is 6.04 Å². The van der Waals surface area contributed by atoms with Gasteiger partial charge in [-0.05, 0) is 29.8 Å². The van der Waals surface area contributed by atoms with Crippen LogP contribution in [0.4, 0.5) is 5.69 Å². The third kappa shape index (κ3) is 2.40. The van der Waals surface area contributed by atoms with E-state index in [0.717, 1.165) is 11.3 Å². The van der Waals surface area contributed by atoms with Crippen molar-refractivity contribution in [2.24, 2.45) is 0 Å². The lowest BCUT2D eigenvalue weighted by Crippen LogP contribution is -2.48. The van der Waals surface area contributed by atoms with E-state index >= 15 is 0 Å². The zero-order valence-electron chi connectivity index (χ0n) is 12.9. The fourth-order valence-corrected chi connectivity index (χ4v) is 2.73. The number of phenols is 1. The van der Waals surface area contributed by atoms with Gasteiger partial charge in [0.2, 0.25) is 0 Å². The second-order valence-corrected chi connectivity index (χ2v) is 5.24. The van der Waals surface area contributed by atoms with E-state index < -0.39 is 0 Å². The molecule has 0 aliphatic carbocycles. The van der Waals surface area contributed by atoms with Gasteiger partial charge in [-0.15, -0.1) is 0 Å². The molecule has 1 aliphatic heterocycles. The molecule has 1 heterocycles. The fraction of sp³-hybridized carbons (Fsp3) is 0.167. The Hall–Kier alpha value is -2.95. The molecule has 118 valence electrons. The van der Waals surface area contributed by atoms with Gasteiger partial charge in [0.05, 0.1) is 20.3 Å². The van der Waals surface area contributed by atoms with Crippen LogP contribution in [-0.4, -0.2) is 25.2 Å². The molecule has 1 aliphatic rings. The number of rotatable bonds is 4. The Morgan fingerprint density at radius 2 is 1.91 bits per heavy atom. The van der Waals surface area contributed by atoms with Gasteiger partial charge in [-0.2, -0.15) is 0 Å². The van der Waals surface area contributed by atoms with E-state index in [2.05, 4.69) is 6.58 Å². The predicted molar refractivity (Wildman–Crippen MR) is 87.0 cm³/mol. The Labute approximate surface area is 134 Å². The summed E-state index contributed by atoms with van der Waals surface area (Å²) in [6, 6.07) is 12.0. The molecule has 2 aromatic rings. The standard InChI is InChI=1S/C18H17NO4/c1-11-17(12-7-8-16(23-3)15(20)9-12)19(18(11)21)13-5-4-6-14(10-13)22-2/h4-10,17,20H,1H2,2-3H3/t17-/m1/s1. The molecule has 0 aromatic heterocycles. The van der Waals surface area contributed by atoms with E-state index in [-0.39, 0.29) is 17.7 Å². The number of hydrogen-bond donors (Lipinski definition) is 1. The van der Waals surface area contributed by atoms with Crippen LogP contribution in [0.25, 0.3) is 0 Å². The fourth-order valence-electron chi connectivity index (χ4n) is 2.73. The molecular formula is C18H17NO4. The highest BCUT2D eigenvalue weighted by molar-refractivity contribution is 6.15. The van der Waals surface area contributed by atoms with E-state index in [1.165, 1.54) is 7.11 Å². The SMILES string of the molecule is C=C1C(=O)N(c2cccc(OC)c2)[C@H]1c1ccc(OC)c(O)c1. The number of phenolic OH excluding ortho intramolecular Hbond substituents is 1. The smallest absolute Gasteiger partial charge is 0.256 e. The number of β-lactam (4-membered cyclic amide) rings is 1. The van der Waals surface area contributed by atoms with Crippen molar-refractivity contribution in [3.05, 3.63) is 60.2 Å². The third-order valence-corrected chi connectivity index (χ3v) is 3.93. The molecule has 1 atom stereocenters. The number of aromatic hydroxyl groups is 1. The quantitative estimate of drug-likeness (QED) is 0.696. The Kier molecular flexibility index (Phi) is 3.70. The maximum absolute atomic E-state index is 12.3. The highest BCUT2D eigenvalue weighted by Gasteiger charge is 2.42. The Balaban J connectivity index is 1.98. The zero-order valence-corrected chi connectivity index (χ0v) is 12.9. The van der Waals surface area contributed by atoms with E-state index in [9.17, 15) is 9.90 Å². The van der Waals surface area contributed by atoms with Crippen LogP contribution in [0.1, 0.15) is 11.6 Å². The highest BCUT2D eigenvalue weighted by atomic mass is 16.5. The first-order valence-corrected chi connectivity index (χ1v) is 7.10. The summed E-state index contributed by atoms with van der Waals surface area (Å²) in [5.74, 6) is 0.948. The highest BCUT2D eigenvalue weighted by Crippen LogP contribution is 2.44. The van der Waals surface area contributed by atoms with Crippen molar-refractivity contribution in [3.63, 3.8) is 0 Å². The van der Waals surface area contributed by atoms with Gasteiger partial charge in [-0.3, -0.25) is 9.69 Å². The zero-order chi connectivity index (χ0) is 16.6. The molecule has 0 unspecified atom stereocenters. The van der Waals surface area contributed by atoms with Crippen LogP contribution in [0.15, 0.2) is 54.6 Å². The molecule has 1 saturated heterocycles. The van der Waals surface area contributed by atoms with Gasteiger partial charge in [0.1, 0.15) is 5.75 Å². The van der Waals surface area contributed by atoms with Crippen molar-refractivity contribution in [2.75, 3.05) is 19.1 Å². The summed E-state index contributed by atoms with van der Waals surface area (Å²) in [6.07, 6.45) is 0. The average molecular weight is 311 g/mol. The lowest BCUT2D eigenvalue weighted by Gasteiger charge is -2.42. The summed E-state index contributed by atoms with van der Waals surface area (Å²) < 4.78 is 10.3. The number of anilines is 1. The van der Waals surface area contributed by atoms with Crippen molar-refractivity contribution in [3.8, 4) is 17.2 Å². The molecule has 1 fully saturated rings. The maximum Gasteiger partial charge on any atom is 0.256 e. The summed E-state index contributed by atoms with van der Waals surface area (Å²) in [5.41, 5.74) is 1.98. The van der Waals surface area contributed by atoms with Gasteiger partial charge in [-0.1, -0.05) is 18.7 Å². The molecule has 23 heavy (non-hydrogen) atoms. The monoisotopic (exact) mass is 311 g/mol. The van der Waals surface area contributed by atoms with Crippen LogP contribution >= 0.6 is 0 Å². The number of ether oxygens (including phenoxy) is 2. The van der Waals surface area contributed by atoms with Gasteiger partial charge in [-0.25, -0.2) is 0 Å². The lowest BCUT2D eigenvalue weighted by molar-refractivity contribution is -0.118. The van der Waals surface area contributed by atoms with Crippen molar-refractivity contribution in [1.82, 2.24) is 0 Å². The van der Waals surface area contributed by atoms with Crippen LogP contribution in [-0.2, 0) is 4.79 Å². The summed E-state index contributed by atoms with van der Waals surface area (Å²) in [7, 11) is 3.07. The summed E-state index contributed by atoms with van der Waals surface area (Å²) >= 11 is 0. The molecular weight excluding hydrogens is 294 g/mol. The number of hydrogen-bond acceptors (Lipinski definition) is 4. The van der Waals surface area contributed by atoms with Crippen molar-refractivity contribution in [1.29, 1.82) is 0 Å². The first-order valence-electron chi connectivity index (χ1n) is 7.10. The number of amides is 1. The largest absolute Gasteiger partial charge is 0.504 e. The predicted octanol–water partition coefficient (Wildman–Crippen LogP) is 3.05. The molecule has 0 bridgehead atoms. The summed E-state index contributed by atoms with van der Waals surface area (Å²) in [4.78, 5) is 13.9. The Morgan fingerprint density at radius 3 is 2.57 bits per heavy atom. The second-order valence-electron chi connectivity index (χ2n) is 5.24. The van der Waals surface area contributed by atoms with Gasteiger partial charge < -0.3 is 14.6 Å². The third-order valence-electron chi connectivity index (χ3n) is 3.93. The molecule has 0 radical (unpaired) electrons. The molecule has 3 rings (SSSR count). The summed E-state index contributed by atoms with van der Waals surface area (Å²) in [6.45, 7) is 3.85. The van der Waals surface area contributed by atoms with Gasteiger partial charge in [0, 0.05) is 17.3 Å². The van der Waals surface area contributed by atoms with Gasteiger partial charge >= 0.3 is 0 Å².